The molecule has 1 heteroatoms. The first-order valence-corrected chi connectivity index (χ1v) is 8.57. The number of halogens is 1. The normalized spacial score (nSPS) is 13.2. The van der Waals surface area contributed by atoms with Crippen molar-refractivity contribution in [3.05, 3.63) is 63.6 Å². The third-order valence-electron chi connectivity index (χ3n) is 4.34. The SMILES string of the molecule is CCCCc1ccc(-c2cc(Br)c3c(c2)C(C)=CC3)cc1. The Labute approximate surface area is 136 Å². The largest absolute Gasteiger partial charge is 0.0765 e. The van der Waals surface area contributed by atoms with E-state index in [0.717, 1.165) is 6.42 Å². The molecule has 0 bridgehead atoms. The van der Waals surface area contributed by atoms with Gasteiger partial charge in [-0.05, 0) is 71.7 Å². The molecule has 1 aliphatic rings. The van der Waals surface area contributed by atoms with Crippen LogP contribution in [0.5, 0.6) is 0 Å². The van der Waals surface area contributed by atoms with Crippen molar-refractivity contribution in [3.8, 4) is 11.1 Å². The first kappa shape index (κ1) is 14.6. The van der Waals surface area contributed by atoms with Crippen molar-refractivity contribution in [1.29, 1.82) is 0 Å². The molecule has 0 aromatic heterocycles. The van der Waals surface area contributed by atoms with Gasteiger partial charge in [-0.15, -0.1) is 0 Å². The van der Waals surface area contributed by atoms with Gasteiger partial charge in [0.15, 0.2) is 0 Å². The molecule has 21 heavy (non-hydrogen) atoms. The number of allylic oxidation sites excluding steroid dienone is 2. The molecule has 0 radical (unpaired) electrons. The summed E-state index contributed by atoms with van der Waals surface area (Å²) in [6.45, 7) is 4.45. The second-order valence-corrected chi connectivity index (χ2v) is 6.73. The summed E-state index contributed by atoms with van der Waals surface area (Å²) in [6.07, 6.45) is 7.08. The summed E-state index contributed by atoms with van der Waals surface area (Å²) in [4.78, 5) is 0. The maximum absolute atomic E-state index is 3.74. The zero-order valence-corrected chi connectivity index (χ0v) is 14.3. The number of hydrogen-bond donors (Lipinski definition) is 0. The van der Waals surface area contributed by atoms with Crippen LogP contribution in [0.4, 0.5) is 0 Å². The van der Waals surface area contributed by atoms with E-state index in [1.807, 2.05) is 0 Å². The molecule has 0 heterocycles. The van der Waals surface area contributed by atoms with Gasteiger partial charge in [-0.2, -0.15) is 0 Å². The molecule has 0 nitrogen and oxygen atoms in total. The molecule has 0 saturated heterocycles. The summed E-state index contributed by atoms with van der Waals surface area (Å²) in [5.74, 6) is 0. The molecule has 3 rings (SSSR count). The summed E-state index contributed by atoms with van der Waals surface area (Å²) in [7, 11) is 0. The number of aryl methyl sites for hydroxylation is 1. The van der Waals surface area contributed by atoms with Gasteiger partial charge < -0.3 is 0 Å². The van der Waals surface area contributed by atoms with Crippen LogP contribution in [0.25, 0.3) is 16.7 Å². The van der Waals surface area contributed by atoms with Crippen molar-refractivity contribution in [3.63, 3.8) is 0 Å². The Morgan fingerprint density at radius 2 is 1.81 bits per heavy atom. The van der Waals surface area contributed by atoms with Crippen LogP contribution in [-0.2, 0) is 12.8 Å². The topological polar surface area (TPSA) is 0 Å². The molecule has 2 aromatic rings. The second kappa shape index (κ2) is 6.19. The van der Waals surface area contributed by atoms with Gasteiger partial charge in [-0.3, -0.25) is 0 Å². The summed E-state index contributed by atoms with van der Waals surface area (Å²) >= 11 is 3.74. The summed E-state index contributed by atoms with van der Waals surface area (Å²) in [6, 6.07) is 13.6. The highest BCUT2D eigenvalue weighted by molar-refractivity contribution is 9.10. The molecule has 0 aliphatic heterocycles. The predicted molar refractivity (Wildman–Crippen MR) is 95.5 cm³/mol. The van der Waals surface area contributed by atoms with Crippen LogP contribution in [0.1, 0.15) is 43.4 Å². The van der Waals surface area contributed by atoms with Gasteiger partial charge in [0.2, 0.25) is 0 Å². The Balaban J connectivity index is 1.92. The van der Waals surface area contributed by atoms with Gasteiger partial charge in [0, 0.05) is 4.47 Å². The van der Waals surface area contributed by atoms with Gasteiger partial charge >= 0.3 is 0 Å². The average molecular weight is 341 g/mol. The monoisotopic (exact) mass is 340 g/mol. The maximum atomic E-state index is 3.74. The fraction of sp³-hybridized carbons (Fsp3) is 0.300. The summed E-state index contributed by atoms with van der Waals surface area (Å²) in [5, 5.41) is 0. The van der Waals surface area contributed by atoms with Crippen LogP contribution in [-0.4, -0.2) is 0 Å². The van der Waals surface area contributed by atoms with Gasteiger partial charge in [0.1, 0.15) is 0 Å². The second-order valence-electron chi connectivity index (χ2n) is 5.88. The van der Waals surface area contributed by atoms with Crippen LogP contribution in [0.3, 0.4) is 0 Å². The quantitative estimate of drug-likeness (QED) is 0.602. The van der Waals surface area contributed by atoms with Crippen molar-refractivity contribution in [1.82, 2.24) is 0 Å². The maximum Gasteiger partial charge on any atom is 0.0222 e. The molecule has 0 unspecified atom stereocenters. The number of benzene rings is 2. The zero-order valence-electron chi connectivity index (χ0n) is 12.7. The van der Waals surface area contributed by atoms with E-state index in [4.69, 9.17) is 0 Å². The van der Waals surface area contributed by atoms with Crippen LogP contribution in [0.15, 0.2) is 46.9 Å². The average Bonchev–Trinajstić information content (AvgIpc) is 2.88. The first-order chi connectivity index (χ1) is 10.2. The van der Waals surface area contributed by atoms with Crippen molar-refractivity contribution < 1.29 is 0 Å². The number of fused-ring (bicyclic) bond motifs is 1. The van der Waals surface area contributed by atoms with Crippen LogP contribution < -0.4 is 0 Å². The van der Waals surface area contributed by atoms with E-state index in [1.54, 1.807) is 0 Å². The molecule has 1 aliphatic carbocycles. The van der Waals surface area contributed by atoms with Crippen LogP contribution >= 0.6 is 15.9 Å². The fourth-order valence-electron chi connectivity index (χ4n) is 2.97. The van der Waals surface area contributed by atoms with E-state index in [1.165, 1.54) is 57.1 Å². The smallest absolute Gasteiger partial charge is 0.0222 e. The third-order valence-corrected chi connectivity index (χ3v) is 5.05. The molecule has 0 fully saturated rings. The Hall–Kier alpha value is -1.34. The molecule has 0 spiro atoms. The van der Waals surface area contributed by atoms with E-state index in [2.05, 4.69) is 72.3 Å². The molecule has 2 aromatic carbocycles. The van der Waals surface area contributed by atoms with Gasteiger partial charge in [0.25, 0.3) is 0 Å². The molecule has 0 N–H and O–H groups in total. The van der Waals surface area contributed by atoms with Gasteiger partial charge in [-0.25, -0.2) is 0 Å². The number of unbranched alkanes of at least 4 members (excludes halogenated alkanes) is 1. The molecule has 0 amide bonds. The van der Waals surface area contributed by atoms with Crippen molar-refractivity contribution >= 4 is 21.5 Å². The molecule has 0 saturated carbocycles. The highest BCUT2D eigenvalue weighted by Gasteiger charge is 2.15. The van der Waals surface area contributed by atoms with Crippen LogP contribution in [0, 0.1) is 0 Å². The highest BCUT2D eigenvalue weighted by Crippen LogP contribution is 2.36. The molecule has 0 atom stereocenters. The molecular weight excluding hydrogens is 320 g/mol. The lowest BCUT2D eigenvalue weighted by molar-refractivity contribution is 0.795. The fourth-order valence-corrected chi connectivity index (χ4v) is 3.59. The zero-order chi connectivity index (χ0) is 14.8. The predicted octanol–water partition coefficient (Wildman–Crippen LogP) is 6.42. The number of rotatable bonds is 4. The Morgan fingerprint density at radius 1 is 1.05 bits per heavy atom. The van der Waals surface area contributed by atoms with Gasteiger partial charge in [-0.1, -0.05) is 59.6 Å². The van der Waals surface area contributed by atoms with Crippen molar-refractivity contribution in [2.24, 2.45) is 0 Å². The highest BCUT2D eigenvalue weighted by atomic mass is 79.9. The Kier molecular flexibility index (Phi) is 4.30. The van der Waals surface area contributed by atoms with E-state index in [0.29, 0.717) is 0 Å². The van der Waals surface area contributed by atoms with E-state index in [-0.39, 0.29) is 0 Å². The lowest BCUT2D eigenvalue weighted by Gasteiger charge is -2.10. The standard InChI is InChI=1S/C20H21Br/c1-3-4-5-15-7-9-16(10-8-15)17-12-19-14(2)6-11-18(19)20(21)13-17/h6-10,12-13H,3-5,11H2,1-2H3. The first-order valence-electron chi connectivity index (χ1n) is 7.78. The van der Waals surface area contributed by atoms with Crippen molar-refractivity contribution in [2.45, 2.75) is 39.5 Å². The molecular formula is C20H21Br. The number of hydrogen-bond acceptors (Lipinski definition) is 0. The van der Waals surface area contributed by atoms with Gasteiger partial charge in [0.05, 0.1) is 0 Å². The third kappa shape index (κ3) is 2.98. The minimum Gasteiger partial charge on any atom is -0.0765 e. The lowest BCUT2D eigenvalue weighted by atomic mass is 9.97. The minimum absolute atomic E-state index is 1.05. The molecule has 108 valence electrons. The van der Waals surface area contributed by atoms with Crippen LogP contribution in [0.2, 0.25) is 0 Å². The Bertz CT molecular complexity index is 678. The van der Waals surface area contributed by atoms with E-state index < -0.39 is 0 Å². The van der Waals surface area contributed by atoms with E-state index >= 15 is 0 Å². The van der Waals surface area contributed by atoms with E-state index in [9.17, 15) is 0 Å². The lowest BCUT2D eigenvalue weighted by Crippen LogP contribution is -1.89. The minimum atomic E-state index is 1.05. The van der Waals surface area contributed by atoms with Crippen molar-refractivity contribution in [2.75, 3.05) is 0 Å². The Morgan fingerprint density at radius 3 is 2.52 bits per heavy atom. The summed E-state index contributed by atoms with van der Waals surface area (Å²) < 4.78 is 1.23. The summed E-state index contributed by atoms with van der Waals surface area (Å²) in [5.41, 5.74) is 8.27.